The Morgan fingerprint density at radius 2 is 1.50 bits per heavy atom. The zero-order chi connectivity index (χ0) is 27.5. The Morgan fingerprint density at radius 3 is 2.06 bits per heavy atom. The Labute approximate surface area is 228 Å². The number of hydrogen-bond donors (Lipinski definition) is 1. The van der Waals surface area contributed by atoms with Crippen molar-refractivity contribution >= 4 is 0 Å². The average molecular weight is 505 g/mol. The third-order valence-corrected chi connectivity index (χ3v) is 11.1. The molecule has 0 saturated heterocycles. The number of aliphatic hydroxyl groups is 1. The first-order chi connectivity index (χ1) is 17.2. The van der Waals surface area contributed by atoms with Gasteiger partial charge in [0.05, 0.1) is 6.10 Å². The highest BCUT2D eigenvalue weighted by Crippen LogP contribution is 2.68. The van der Waals surface area contributed by atoms with Gasteiger partial charge in [-0.3, -0.25) is 0 Å². The van der Waals surface area contributed by atoms with E-state index in [9.17, 15) is 5.11 Å². The molecule has 0 aromatic carbocycles. The topological polar surface area (TPSA) is 20.2 Å². The first kappa shape index (κ1) is 33.7. The van der Waals surface area contributed by atoms with Crippen LogP contribution < -0.4 is 0 Å². The van der Waals surface area contributed by atoms with Crippen molar-refractivity contribution in [3.63, 3.8) is 0 Å². The van der Waals surface area contributed by atoms with Crippen LogP contribution in [0.25, 0.3) is 0 Å². The second kappa shape index (κ2) is 16.0. The normalized spacial score (nSPS) is 39.3. The number of fused-ring (bicyclic) bond motifs is 5. The summed E-state index contributed by atoms with van der Waals surface area (Å²) >= 11 is 0. The lowest BCUT2D eigenvalue weighted by Gasteiger charge is -2.62. The Bertz CT molecular complexity index is 608. The highest BCUT2D eigenvalue weighted by atomic mass is 16.3. The Morgan fingerprint density at radius 1 is 0.889 bits per heavy atom. The standard InChI is InChI=1S/C26H44O.C5H12.2C2H6/c1-17(2)9-10-18(3)20-11-12-21-24-22(13-15-26(20,21)5)25(4)14-7-6-8-19(25)16-23(24)27;1-3-5-4-2;2*1-2/h18-24,27H,1,6-16H2,2-5H3;3-5H2,1-2H3;2*1-2H3. The Kier molecular flexibility index (Phi) is 14.9. The number of allylic oxidation sites excluding steroid dienone is 1. The van der Waals surface area contributed by atoms with E-state index < -0.39 is 0 Å². The lowest BCUT2D eigenvalue weighted by Crippen LogP contribution is -2.57. The van der Waals surface area contributed by atoms with E-state index >= 15 is 0 Å². The van der Waals surface area contributed by atoms with Crippen LogP contribution in [0.15, 0.2) is 12.2 Å². The summed E-state index contributed by atoms with van der Waals surface area (Å²) in [6.07, 6.45) is 18.8. The summed E-state index contributed by atoms with van der Waals surface area (Å²) in [5, 5.41) is 11.3. The summed E-state index contributed by atoms with van der Waals surface area (Å²) in [5.41, 5.74) is 2.32. The largest absolute Gasteiger partial charge is 0.393 e. The van der Waals surface area contributed by atoms with Gasteiger partial charge in [0.2, 0.25) is 0 Å². The zero-order valence-corrected chi connectivity index (χ0v) is 26.6. The fourth-order valence-electron chi connectivity index (χ4n) is 9.26. The average Bonchev–Trinajstić information content (AvgIpc) is 3.23. The van der Waals surface area contributed by atoms with Crippen molar-refractivity contribution in [1.82, 2.24) is 0 Å². The smallest absolute Gasteiger partial charge is 0.0577 e. The lowest BCUT2D eigenvalue weighted by atomic mass is 9.44. The Balaban J connectivity index is 0.000000634. The summed E-state index contributed by atoms with van der Waals surface area (Å²) in [5.74, 6) is 4.58. The van der Waals surface area contributed by atoms with Gasteiger partial charge in [-0.25, -0.2) is 0 Å². The molecule has 4 aliphatic carbocycles. The van der Waals surface area contributed by atoms with Gasteiger partial charge in [-0.2, -0.15) is 0 Å². The van der Waals surface area contributed by atoms with Crippen LogP contribution in [0, 0.1) is 46.3 Å². The van der Waals surface area contributed by atoms with E-state index in [-0.39, 0.29) is 6.10 Å². The van der Waals surface area contributed by atoms with E-state index in [1.807, 2.05) is 27.7 Å². The van der Waals surface area contributed by atoms with Crippen LogP contribution in [0.3, 0.4) is 0 Å². The van der Waals surface area contributed by atoms with Crippen molar-refractivity contribution in [3.8, 4) is 0 Å². The molecule has 214 valence electrons. The van der Waals surface area contributed by atoms with Crippen molar-refractivity contribution < 1.29 is 5.11 Å². The molecule has 0 aliphatic heterocycles. The third-order valence-electron chi connectivity index (χ3n) is 11.1. The molecule has 0 aromatic heterocycles. The predicted octanol–water partition coefficient (Wildman–Crippen LogP) is 11.2. The van der Waals surface area contributed by atoms with Crippen molar-refractivity contribution in [2.75, 3.05) is 0 Å². The first-order valence-corrected chi connectivity index (χ1v) is 16.5. The maximum absolute atomic E-state index is 11.3. The fourth-order valence-corrected chi connectivity index (χ4v) is 9.26. The molecular weight excluding hydrogens is 436 g/mol. The molecule has 1 N–H and O–H groups in total. The predicted molar refractivity (Wildman–Crippen MR) is 162 cm³/mol. The molecule has 9 unspecified atom stereocenters. The van der Waals surface area contributed by atoms with Gasteiger partial charge in [-0.05, 0) is 111 Å². The summed E-state index contributed by atoms with van der Waals surface area (Å²) < 4.78 is 0. The third kappa shape index (κ3) is 7.42. The molecule has 36 heavy (non-hydrogen) atoms. The van der Waals surface area contributed by atoms with Gasteiger partial charge in [-0.1, -0.05) is 100.0 Å². The van der Waals surface area contributed by atoms with Crippen LogP contribution in [0.4, 0.5) is 0 Å². The van der Waals surface area contributed by atoms with Crippen LogP contribution >= 0.6 is 0 Å². The summed E-state index contributed by atoms with van der Waals surface area (Å²) in [6.45, 7) is 26.5. The van der Waals surface area contributed by atoms with Crippen LogP contribution in [0.5, 0.6) is 0 Å². The van der Waals surface area contributed by atoms with Crippen molar-refractivity contribution in [1.29, 1.82) is 0 Å². The minimum absolute atomic E-state index is 0.0275. The molecule has 4 fully saturated rings. The van der Waals surface area contributed by atoms with Crippen molar-refractivity contribution in [2.45, 2.75) is 165 Å². The van der Waals surface area contributed by atoms with Crippen LogP contribution in [0.2, 0.25) is 0 Å². The number of rotatable bonds is 6. The van der Waals surface area contributed by atoms with Crippen LogP contribution in [-0.4, -0.2) is 11.2 Å². The molecule has 0 bridgehead atoms. The maximum Gasteiger partial charge on any atom is 0.0577 e. The quantitative estimate of drug-likeness (QED) is 0.356. The van der Waals surface area contributed by atoms with Gasteiger partial charge in [0.15, 0.2) is 0 Å². The monoisotopic (exact) mass is 505 g/mol. The number of aliphatic hydroxyl groups excluding tert-OH is 1. The van der Waals surface area contributed by atoms with E-state index in [1.54, 1.807) is 0 Å². The van der Waals surface area contributed by atoms with E-state index in [0.717, 1.165) is 36.0 Å². The van der Waals surface area contributed by atoms with Gasteiger partial charge in [0, 0.05) is 0 Å². The summed E-state index contributed by atoms with van der Waals surface area (Å²) in [6, 6.07) is 0. The highest BCUT2D eigenvalue weighted by Gasteiger charge is 2.62. The Hall–Kier alpha value is -0.300. The molecule has 4 aliphatic rings. The van der Waals surface area contributed by atoms with E-state index in [4.69, 9.17) is 0 Å². The van der Waals surface area contributed by atoms with Gasteiger partial charge in [-0.15, -0.1) is 6.58 Å². The van der Waals surface area contributed by atoms with E-state index in [1.165, 1.54) is 89.0 Å². The molecule has 4 rings (SSSR count). The van der Waals surface area contributed by atoms with E-state index in [2.05, 4.69) is 48.1 Å². The summed E-state index contributed by atoms with van der Waals surface area (Å²) in [7, 11) is 0. The SMILES string of the molecule is C=C(C)CCC(C)C1CCC2C3C(O)CC4CCCCC4(C)C3CCC12C.CC.CC.CCCCC. The first-order valence-electron chi connectivity index (χ1n) is 16.5. The number of hydrogen-bond acceptors (Lipinski definition) is 1. The molecule has 1 heteroatoms. The number of unbranched alkanes of at least 4 members (excludes halogenated alkanes) is 2. The fraction of sp³-hybridized carbons (Fsp3) is 0.943. The molecule has 4 saturated carbocycles. The molecule has 0 aromatic rings. The highest BCUT2D eigenvalue weighted by molar-refractivity contribution is 5.11. The minimum Gasteiger partial charge on any atom is -0.393 e. The molecule has 0 heterocycles. The molecular formula is C35H68O. The van der Waals surface area contributed by atoms with Gasteiger partial charge in [0.25, 0.3) is 0 Å². The van der Waals surface area contributed by atoms with Crippen LogP contribution in [0.1, 0.15) is 159 Å². The van der Waals surface area contributed by atoms with Gasteiger partial charge in [0.1, 0.15) is 0 Å². The van der Waals surface area contributed by atoms with Gasteiger partial charge >= 0.3 is 0 Å². The van der Waals surface area contributed by atoms with Crippen molar-refractivity contribution in [2.24, 2.45) is 46.3 Å². The minimum atomic E-state index is -0.0275. The molecule has 1 nitrogen and oxygen atoms in total. The summed E-state index contributed by atoms with van der Waals surface area (Å²) in [4.78, 5) is 0. The lowest BCUT2D eigenvalue weighted by molar-refractivity contribution is -0.164. The van der Waals surface area contributed by atoms with Crippen LogP contribution in [-0.2, 0) is 0 Å². The molecule has 0 spiro atoms. The molecule has 0 amide bonds. The second-order valence-electron chi connectivity index (χ2n) is 13.1. The molecule has 0 radical (unpaired) electrons. The molecule has 9 atom stereocenters. The van der Waals surface area contributed by atoms with Crippen molar-refractivity contribution in [3.05, 3.63) is 12.2 Å². The second-order valence-corrected chi connectivity index (χ2v) is 13.1. The van der Waals surface area contributed by atoms with E-state index in [0.29, 0.717) is 16.7 Å². The maximum atomic E-state index is 11.3. The zero-order valence-electron chi connectivity index (χ0n) is 26.6. The van der Waals surface area contributed by atoms with Gasteiger partial charge < -0.3 is 5.11 Å².